The largest absolute Gasteiger partial charge is 0.462 e. The molecule has 0 aliphatic heterocycles. The summed E-state index contributed by atoms with van der Waals surface area (Å²) in [6.45, 7) is 6.62. The predicted octanol–water partition coefficient (Wildman–Crippen LogP) is 22.7. The molecule has 0 fully saturated rings. The molecule has 0 aromatic heterocycles. The van der Waals surface area contributed by atoms with Crippen molar-refractivity contribution in [2.75, 3.05) is 13.2 Å². The normalized spacial score (nSPS) is 12.4. The molecule has 0 saturated heterocycles. The molecule has 76 heavy (non-hydrogen) atoms. The van der Waals surface area contributed by atoms with E-state index in [1.165, 1.54) is 231 Å². The lowest BCUT2D eigenvalue weighted by Crippen LogP contribution is -2.30. The molecule has 0 N–H and O–H groups in total. The molecular formula is C70H126O6. The fraction of sp³-hybridized carbons (Fsp3) is 0.814. The van der Waals surface area contributed by atoms with Gasteiger partial charge in [-0.05, 0) is 103 Å². The molecule has 0 aromatic rings. The molecule has 6 heteroatoms. The van der Waals surface area contributed by atoms with Crippen LogP contribution in [0.4, 0.5) is 0 Å². The Kier molecular flexibility index (Phi) is 62.2. The van der Waals surface area contributed by atoms with E-state index >= 15 is 0 Å². The Morgan fingerprint density at radius 3 is 0.789 bits per heavy atom. The summed E-state index contributed by atoms with van der Waals surface area (Å²) in [7, 11) is 0. The summed E-state index contributed by atoms with van der Waals surface area (Å²) in [6, 6.07) is 0. The molecule has 1 unspecified atom stereocenters. The average molecular weight is 1060 g/mol. The molecule has 0 aliphatic carbocycles. The van der Waals surface area contributed by atoms with Crippen LogP contribution < -0.4 is 0 Å². The fourth-order valence-corrected chi connectivity index (χ4v) is 9.66. The van der Waals surface area contributed by atoms with Gasteiger partial charge in [0, 0.05) is 19.3 Å². The van der Waals surface area contributed by atoms with Crippen LogP contribution in [0.15, 0.2) is 60.8 Å². The Bertz CT molecular complexity index is 1360. The summed E-state index contributed by atoms with van der Waals surface area (Å²) in [5, 5.41) is 0. The molecule has 6 nitrogen and oxygen atoms in total. The second-order valence-electron chi connectivity index (χ2n) is 22.4. The van der Waals surface area contributed by atoms with Crippen molar-refractivity contribution in [3.8, 4) is 0 Å². The molecule has 442 valence electrons. The minimum absolute atomic E-state index is 0.0764. The van der Waals surface area contributed by atoms with Crippen LogP contribution in [0.2, 0.25) is 0 Å². The summed E-state index contributed by atoms with van der Waals surface area (Å²) >= 11 is 0. The Morgan fingerprint density at radius 2 is 0.487 bits per heavy atom. The minimum atomic E-state index is -0.779. The lowest BCUT2D eigenvalue weighted by molar-refractivity contribution is -0.167. The van der Waals surface area contributed by atoms with Gasteiger partial charge in [-0.25, -0.2) is 0 Å². The third-order valence-electron chi connectivity index (χ3n) is 14.7. The first kappa shape index (κ1) is 73.1. The number of hydrogen-bond donors (Lipinski definition) is 0. The van der Waals surface area contributed by atoms with Crippen molar-refractivity contribution in [3.05, 3.63) is 60.8 Å². The summed E-state index contributed by atoms with van der Waals surface area (Å²) in [5.41, 5.74) is 0. The number of unbranched alkanes of at least 4 members (excludes halogenated alkanes) is 40. The zero-order valence-electron chi connectivity index (χ0n) is 50.8. The molecule has 1 atom stereocenters. The van der Waals surface area contributed by atoms with Crippen molar-refractivity contribution in [1.82, 2.24) is 0 Å². The summed E-state index contributed by atoms with van der Waals surface area (Å²) in [6.07, 6.45) is 82.4. The van der Waals surface area contributed by atoms with Gasteiger partial charge in [-0.3, -0.25) is 14.4 Å². The van der Waals surface area contributed by atoms with Crippen molar-refractivity contribution in [1.29, 1.82) is 0 Å². The summed E-state index contributed by atoms with van der Waals surface area (Å²) in [4.78, 5) is 38.3. The van der Waals surface area contributed by atoms with E-state index in [4.69, 9.17) is 14.2 Å². The van der Waals surface area contributed by atoms with E-state index in [2.05, 4.69) is 81.5 Å². The van der Waals surface area contributed by atoms with Crippen molar-refractivity contribution >= 4 is 17.9 Å². The Morgan fingerprint density at radius 1 is 0.263 bits per heavy atom. The third-order valence-corrected chi connectivity index (χ3v) is 14.7. The maximum absolute atomic E-state index is 12.9. The number of rotatable bonds is 61. The maximum Gasteiger partial charge on any atom is 0.306 e. The highest BCUT2D eigenvalue weighted by Gasteiger charge is 2.19. The first-order chi connectivity index (χ1) is 37.5. The fourth-order valence-electron chi connectivity index (χ4n) is 9.66. The van der Waals surface area contributed by atoms with Gasteiger partial charge in [-0.15, -0.1) is 0 Å². The van der Waals surface area contributed by atoms with Crippen molar-refractivity contribution in [2.24, 2.45) is 0 Å². The second-order valence-corrected chi connectivity index (χ2v) is 22.4. The Labute approximate surface area is 472 Å². The van der Waals surface area contributed by atoms with E-state index < -0.39 is 6.10 Å². The molecule has 0 aromatic carbocycles. The molecule has 0 bridgehead atoms. The van der Waals surface area contributed by atoms with Crippen molar-refractivity contribution < 1.29 is 28.6 Å². The molecule has 0 saturated carbocycles. The molecule has 0 radical (unpaired) electrons. The van der Waals surface area contributed by atoms with Gasteiger partial charge in [-0.1, -0.05) is 287 Å². The van der Waals surface area contributed by atoms with E-state index in [0.29, 0.717) is 19.3 Å². The molecule has 0 aliphatic rings. The summed E-state index contributed by atoms with van der Waals surface area (Å²) in [5.74, 6) is -0.875. The van der Waals surface area contributed by atoms with Crippen LogP contribution in [-0.4, -0.2) is 37.2 Å². The zero-order valence-corrected chi connectivity index (χ0v) is 50.8. The van der Waals surface area contributed by atoms with E-state index in [1.54, 1.807) is 0 Å². The first-order valence-corrected chi connectivity index (χ1v) is 33.3. The van der Waals surface area contributed by atoms with E-state index in [9.17, 15) is 14.4 Å². The minimum Gasteiger partial charge on any atom is -0.462 e. The smallest absolute Gasteiger partial charge is 0.306 e. The van der Waals surface area contributed by atoms with Crippen molar-refractivity contribution in [2.45, 2.75) is 354 Å². The highest BCUT2D eigenvalue weighted by atomic mass is 16.6. The zero-order chi connectivity index (χ0) is 55.0. The predicted molar refractivity (Wildman–Crippen MR) is 330 cm³/mol. The number of carbonyl (C=O) groups is 3. The van der Waals surface area contributed by atoms with Gasteiger partial charge in [0.2, 0.25) is 0 Å². The van der Waals surface area contributed by atoms with E-state index in [-0.39, 0.29) is 31.1 Å². The first-order valence-electron chi connectivity index (χ1n) is 33.3. The second kappa shape index (κ2) is 64.6. The Balaban J connectivity index is 4.19. The number of ether oxygens (including phenoxy) is 3. The highest BCUT2D eigenvalue weighted by molar-refractivity contribution is 5.71. The molecule has 0 amide bonds. The number of hydrogen-bond acceptors (Lipinski definition) is 6. The van der Waals surface area contributed by atoms with Gasteiger partial charge in [0.05, 0.1) is 0 Å². The quantitative estimate of drug-likeness (QED) is 0.0261. The molecule has 0 heterocycles. The monoisotopic (exact) mass is 1060 g/mol. The van der Waals surface area contributed by atoms with E-state index in [0.717, 1.165) is 77.0 Å². The topological polar surface area (TPSA) is 78.9 Å². The van der Waals surface area contributed by atoms with Crippen LogP contribution in [0.3, 0.4) is 0 Å². The highest BCUT2D eigenvalue weighted by Crippen LogP contribution is 2.17. The Hall–Kier alpha value is -2.89. The number of allylic oxidation sites excluding steroid dienone is 10. The van der Waals surface area contributed by atoms with Crippen LogP contribution in [0.25, 0.3) is 0 Å². The van der Waals surface area contributed by atoms with Crippen LogP contribution in [0.5, 0.6) is 0 Å². The van der Waals surface area contributed by atoms with Gasteiger partial charge in [0.1, 0.15) is 13.2 Å². The maximum atomic E-state index is 12.9. The molecule has 0 spiro atoms. The van der Waals surface area contributed by atoms with Crippen LogP contribution >= 0.6 is 0 Å². The average Bonchev–Trinajstić information content (AvgIpc) is 3.42. The standard InChI is InChI=1S/C70H126O6/c1-4-7-10-13-16-19-22-24-26-28-30-31-32-33-34-35-36-37-38-39-40-42-43-45-48-51-54-57-60-63-69(72)75-66-67(65-74-68(71)62-59-56-53-50-47-21-18-15-12-9-6-3)76-70(73)64-61-58-55-52-49-46-44-41-29-27-25-23-20-17-14-11-8-5-2/h15,18,22,24,27-30,32-33,67H,4-14,16-17,19-21,23,25-26,31,34-66H2,1-3H3/b18-15-,24-22-,29-27-,30-28-,33-32-. The van der Waals surface area contributed by atoms with Gasteiger partial charge < -0.3 is 14.2 Å². The third kappa shape index (κ3) is 62.0. The SMILES string of the molecule is CCCC/C=C\CCCCCCCC(=O)OCC(COC(=O)CCCCCCCCCCCCCCCC/C=C\C/C=C\C/C=C\CCCCCCC)OC(=O)CCCCCCCCC/C=C\CCCCCCCCC. The molecular weight excluding hydrogens is 937 g/mol. The van der Waals surface area contributed by atoms with Gasteiger partial charge in [0.25, 0.3) is 0 Å². The van der Waals surface area contributed by atoms with Crippen LogP contribution in [0, 0.1) is 0 Å². The van der Waals surface area contributed by atoms with E-state index in [1.807, 2.05) is 0 Å². The lowest BCUT2D eigenvalue weighted by Gasteiger charge is -2.18. The van der Waals surface area contributed by atoms with Gasteiger partial charge >= 0.3 is 17.9 Å². The van der Waals surface area contributed by atoms with Crippen LogP contribution in [-0.2, 0) is 28.6 Å². The number of esters is 3. The van der Waals surface area contributed by atoms with Crippen molar-refractivity contribution in [3.63, 3.8) is 0 Å². The van der Waals surface area contributed by atoms with Crippen LogP contribution in [0.1, 0.15) is 348 Å². The van der Waals surface area contributed by atoms with Gasteiger partial charge in [-0.2, -0.15) is 0 Å². The molecule has 0 rings (SSSR count). The summed E-state index contributed by atoms with van der Waals surface area (Å²) < 4.78 is 16.9. The lowest BCUT2D eigenvalue weighted by atomic mass is 10.0. The number of carbonyl (C=O) groups excluding carboxylic acids is 3. The van der Waals surface area contributed by atoms with Gasteiger partial charge in [0.15, 0.2) is 6.10 Å².